The van der Waals surface area contributed by atoms with Crippen molar-refractivity contribution >= 4 is 17.3 Å². The molecule has 14 heavy (non-hydrogen) atoms. The smallest absolute Gasteiger partial charge is 0.0640 e. The first-order valence-corrected chi connectivity index (χ1v) is 5.51. The van der Waals surface area contributed by atoms with Gasteiger partial charge < -0.3 is 5.32 Å². The van der Waals surface area contributed by atoms with Crippen LogP contribution in [0.4, 0.5) is 5.69 Å². The maximum Gasteiger partial charge on any atom is 0.0640 e. The number of rotatable bonds is 4. The fourth-order valence-electron chi connectivity index (χ4n) is 1.19. The summed E-state index contributed by atoms with van der Waals surface area (Å²) in [5.41, 5.74) is 2.24. The van der Waals surface area contributed by atoms with E-state index in [9.17, 15) is 0 Å². The summed E-state index contributed by atoms with van der Waals surface area (Å²) in [5.74, 6) is 0.687. The standard InChI is InChI=1S/C12H18ClN/c1-4-9(2)8-14-12-6-5-10(3)7-11(12)13/h5-7,9,14H,4,8H2,1-3H3. The van der Waals surface area contributed by atoms with Crippen LogP contribution in [0.5, 0.6) is 0 Å². The van der Waals surface area contributed by atoms with E-state index < -0.39 is 0 Å². The molecule has 1 atom stereocenters. The summed E-state index contributed by atoms with van der Waals surface area (Å²) in [6, 6.07) is 6.10. The second-order valence-corrected chi connectivity index (χ2v) is 4.28. The number of benzene rings is 1. The summed E-state index contributed by atoms with van der Waals surface area (Å²) in [6.07, 6.45) is 1.19. The monoisotopic (exact) mass is 211 g/mol. The van der Waals surface area contributed by atoms with E-state index in [2.05, 4.69) is 25.2 Å². The van der Waals surface area contributed by atoms with Crippen LogP contribution in [0.25, 0.3) is 0 Å². The van der Waals surface area contributed by atoms with Crippen molar-refractivity contribution in [3.05, 3.63) is 28.8 Å². The van der Waals surface area contributed by atoms with Crippen molar-refractivity contribution in [2.45, 2.75) is 27.2 Å². The van der Waals surface area contributed by atoms with Gasteiger partial charge in [-0.25, -0.2) is 0 Å². The Hall–Kier alpha value is -0.690. The summed E-state index contributed by atoms with van der Waals surface area (Å²) in [7, 11) is 0. The van der Waals surface area contributed by atoms with Crippen molar-refractivity contribution in [1.29, 1.82) is 0 Å². The van der Waals surface area contributed by atoms with E-state index in [-0.39, 0.29) is 0 Å². The van der Waals surface area contributed by atoms with Crippen molar-refractivity contribution < 1.29 is 0 Å². The van der Waals surface area contributed by atoms with E-state index in [1.165, 1.54) is 12.0 Å². The highest BCUT2D eigenvalue weighted by Gasteiger charge is 2.02. The Kier molecular flexibility index (Phi) is 4.27. The first kappa shape index (κ1) is 11.4. The summed E-state index contributed by atoms with van der Waals surface area (Å²) >= 11 is 6.09. The summed E-state index contributed by atoms with van der Waals surface area (Å²) in [4.78, 5) is 0. The fourth-order valence-corrected chi connectivity index (χ4v) is 1.49. The van der Waals surface area contributed by atoms with Crippen LogP contribution in [0.1, 0.15) is 25.8 Å². The van der Waals surface area contributed by atoms with Gasteiger partial charge >= 0.3 is 0 Å². The zero-order chi connectivity index (χ0) is 10.6. The first-order valence-electron chi connectivity index (χ1n) is 5.13. The van der Waals surface area contributed by atoms with Crippen LogP contribution in [-0.2, 0) is 0 Å². The van der Waals surface area contributed by atoms with E-state index in [1.807, 2.05) is 19.1 Å². The van der Waals surface area contributed by atoms with Gasteiger partial charge in [-0.2, -0.15) is 0 Å². The Bertz CT molecular complexity index is 296. The van der Waals surface area contributed by atoms with Crippen LogP contribution in [0, 0.1) is 12.8 Å². The molecule has 2 heteroatoms. The molecule has 0 aliphatic carbocycles. The molecule has 0 aromatic heterocycles. The lowest BCUT2D eigenvalue weighted by atomic mass is 10.1. The van der Waals surface area contributed by atoms with E-state index in [0.29, 0.717) is 5.92 Å². The second-order valence-electron chi connectivity index (χ2n) is 3.88. The van der Waals surface area contributed by atoms with Gasteiger partial charge in [0.05, 0.1) is 10.7 Å². The number of nitrogens with one attached hydrogen (secondary N) is 1. The largest absolute Gasteiger partial charge is 0.384 e. The third-order valence-electron chi connectivity index (χ3n) is 2.46. The van der Waals surface area contributed by atoms with Gasteiger partial charge in [-0.15, -0.1) is 0 Å². The van der Waals surface area contributed by atoms with Gasteiger partial charge in [0.2, 0.25) is 0 Å². The van der Waals surface area contributed by atoms with Crippen molar-refractivity contribution in [2.24, 2.45) is 5.92 Å². The van der Waals surface area contributed by atoms with Crippen LogP contribution in [0.2, 0.25) is 5.02 Å². The Morgan fingerprint density at radius 2 is 2.14 bits per heavy atom. The molecular weight excluding hydrogens is 194 g/mol. The average Bonchev–Trinajstić information content (AvgIpc) is 2.16. The molecule has 1 unspecified atom stereocenters. The van der Waals surface area contributed by atoms with Crippen LogP contribution in [-0.4, -0.2) is 6.54 Å². The number of anilines is 1. The maximum absolute atomic E-state index is 6.09. The van der Waals surface area contributed by atoms with Crippen molar-refractivity contribution in [1.82, 2.24) is 0 Å². The summed E-state index contributed by atoms with van der Waals surface area (Å²) in [6.45, 7) is 7.46. The van der Waals surface area contributed by atoms with Gasteiger partial charge in [-0.05, 0) is 30.5 Å². The van der Waals surface area contributed by atoms with Gasteiger partial charge in [-0.1, -0.05) is 37.9 Å². The van der Waals surface area contributed by atoms with E-state index >= 15 is 0 Å². The Balaban J connectivity index is 2.59. The lowest BCUT2D eigenvalue weighted by Crippen LogP contribution is -2.10. The normalized spacial score (nSPS) is 12.6. The van der Waals surface area contributed by atoms with Crippen molar-refractivity contribution in [3.63, 3.8) is 0 Å². The van der Waals surface area contributed by atoms with E-state index in [1.54, 1.807) is 0 Å². The Morgan fingerprint density at radius 3 is 2.71 bits per heavy atom. The second kappa shape index (κ2) is 5.26. The highest BCUT2D eigenvalue weighted by atomic mass is 35.5. The molecule has 0 heterocycles. The minimum Gasteiger partial charge on any atom is -0.384 e. The van der Waals surface area contributed by atoms with E-state index in [4.69, 9.17) is 11.6 Å². The molecule has 1 nitrogen and oxygen atoms in total. The predicted molar refractivity (Wildman–Crippen MR) is 64.1 cm³/mol. The van der Waals surface area contributed by atoms with E-state index in [0.717, 1.165) is 17.3 Å². The Labute approximate surface area is 91.5 Å². The quantitative estimate of drug-likeness (QED) is 0.791. The number of halogens is 1. The molecule has 0 aliphatic rings. The maximum atomic E-state index is 6.09. The summed E-state index contributed by atoms with van der Waals surface area (Å²) < 4.78 is 0. The van der Waals surface area contributed by atoms with Crippen molar-refractivity contribution in [2.75, 3.05) is 11.9 Å². The molecule has 0 aliphatic heterocycles. The van der Waals surface area contributed by atoms with Crippen LogP contribution >= 0.6 is 11.6 Å². The zero-order valence-corrected chi connectivity index (χ0v) is 9.86. The molecule has 1 N–H and O–H groups in total. The van der Waals surface area contributed by atoms with Crippen LogP contribution in [0.3, 0.4) is 0 Å². The van der Waals surface area contributed by atoms with Crippen LogP contribution in [0.15, 0.2) is 18.2 Å². The molecule has 0 radical (unpaired) electrons. The lowest BCUT2D eigenvalue weighted by Gasteiger charge is -2.12. The molecule has 78 valence electrons. The van der Waals surface area contributed by atoms with Gasteiger partial charge in [0, 0.05) is 6.54 Å². The molecular formula is C12H18ClN. The number of hydrogen-bond acceptors (Lipinski definition) is 1. The van der Waals surface area contributed by atoms with Gasteiger partial charge in [0.15, 0.2) is 0 Å². The topological polar surface area (TPSA) is 12.0 Å². The molecule has 0 fully saturated rings. The minimum atomic E-state index is 0.687. The molecule has 0 spiro atoms. The highest BCUT2D eigenvalue weighted by molar-refractivity contribution is 6.33. The highest BCUT2D eigenvalue weighted by Crippen LogP contribution is 2.22. The van der Waals surface area contributed by atoms with Gasteiger partial charge in [0.1, 0.15) is 0 Å². The SMILES string of the molecule is CCC(C)CNc1ccc(C)cc1Cl. The van der Waals surface area contributed by atoms with Gasteiger partial charge in [0.25, 0.3) is 0 Å². The lowest BCUT2D eigenvalue weighted by molar-refractivity contribution is 0.593. The van der Waals surface area contributed by atoms with Crippen LogP contribution < -0.4 is 5.32 Å². The zero-order valence-electron chi connectivity index (χ0n) is 9.10. The van der Waals surface area contributed by atoms with Gasteiger partial charge in [-0.3, -0.25) is 0 Å². The average molecular weight is 212 g/mol. The molecule has 1 aromatic rings. The Morgan fingerprint density at radius 1 is 1.43 bits per heavy atom. The molecule has 0 bridgehead atoms. The molecule has 0 saturated heterocycles. The first-order chi connectivity index (χ1) is 6.63. The molecule has 1 rings (SSSR count). The van der Waals surface area contributed by atoms with Crippen molar-refractivity contribution in [3.8, 4) is 0 Å². The summed E-state index contributed by atoms with van der Waals surface area (Å²) in [5, 5.41) is 4.17. The fraction of sp³-hybridized carbons (Fsp3) is 0.500. The predicted octanol–water partition coefficient (Wildman–Crippen LogP) is 4.11. The molecule has 0 saturated carbocycles. The number of aryl methyl sites for hydroxylation is 1. The third kappa shape index (κ3) is 3.22. The number of hydrogen-bond donors (Lipinski definition) is 1. The molecule has 1 aromatic carbocycles. The minimum absolute atomic E-state index is 0.687. The molecule has 0 amide bonds. The third-order valence-corrected chi connectivity index (χ3v) is 2.78.